The highest BCUT2D eigenvalue weighted by Crippen LogP contribution is 2.30. The van der Waals surface area contributed by atoms with E-state index in [1.807, 2.05) is 37.3 Å². The average Bonchev–Trinajstić information content (AvgIpc) is 3.08. The zero-order valence-electron chi connectivity index (χ0n) is 15.1. The number of fused-ring (bicyclic) bond motifs is 1. The van der Waals surface area contributed by atoms with Crippen LogP contribution < -0.4 is 4.90 Å². The standard InChI is InChI=1S/C20H23N3O2S/c1-16-6-8-17(9-7-16)26(24,25)23-11-10-18-19(4-3-5-20(18)23)22-14-12-21(2)13-15-22/h3-11H,12-15H2,1-2H3. The highest BCUT2D eigenvalue weighted by molar-refractivity contribution is 7.90. The van der Waals surface area contributed by atoms with Gasteiger partial charge in [-0.3, -0.25) is 0 Å². The van der Waals surface area contributed by atoms with Crippen molar-refractivity contribution in [1.29, 1.82) is 0 Å². The van der Waals surface area contributed by atoms with Crippen molar-refractivity contribution >= 4 is 26.6 Å². The van der Waals surface area contributed by atoms with Gasteiger partial charge in [-0.2, -0.15) is 0 Å². The molecule has 1 aliphatic rings. The van der Waals surface area contributed by atoms with Gasteiger partial charge in [0.15, 0.2) is 0 Å². The maximum Gasteiger partial charge on any atom is 0.268 e. The maximum atomic E-state index is 13.1. The van der Waals surface area contributed by atoms with E-state index in [1.54, 1.807) is 18.3 Å². The molecular weight excluding hydrogens is 346 g/mol. The Bertz CT molecular complexity index is 1030. The number of anilines is 1. The normalized spacial score (nSPS) is 16.3. The highest BCUT2D eigenvalue weighted by atomic mass is 32.2. The summed E-state index contributed by atoms with van der Waals surface area (Å²) < 4.78 is 27.6. The fourth-order valence-corrected chi connectivity index (χ4v) is 4.83. The first-order valence-electron chi connectivity index (χ1n) is 8.82. The molecule has 0 radical (unpaired) electrons. The molecule has 5 nitrogen and oxygen atoms in total. The van der Waals surface area contributed by atoms with Gasteiger partial charge in [-0.25, -0.2) is 12.4 Å². The largest absolute Gasteiger partial charge is 0.368 e. The summed E-state index contributed by atoms with van der Waals surface area (Å²) in [6.07, 6.45) is 1.67. The Hall–Kier alpha value is -2.31. The van der Waals surface area contributed by atoms with Gasteiger partial charge in [-0.1, -0.05) is 23.8 Å². The molecule has 6 heteroatoms. The monoisotopic (exact) mass is 369 g/mol. The van der Waals surface area contributed by atoms with Crippen molar-refractivity contribution in [3.63, 3.8) is 0 Å². The second kappa shape index (κ2) is 6.45. The number of aromatic nitrogens is 1. The van der Waals surface area contributed by atoms with Gasteiger partial charge in [0.05, 0.1) is 10.4 Å². The summed E-state index contributed by atoms with van der Waals surface area (Å²) in [6.45, 7) is 5.87. The van der Waals surface area contributed by atoms with Gasteiger partial charge >= 0.3 is 0 Å². The molecule has 1 aliphatic heterocycles. The zero-order valence-corrected chi connectivity index (χ0v) is 15.9. The van der Waals surface area contributed by atoms with Gasteiger partial charge in [-0.05, 0) is 44.3 Å². The van der Waals surface area contributed by atoms with Crippen LogP contribution in [0.5, 0.6) is 0 Å². The molecule has 0 bridgehead atoms. The minimum absolute atomic E-state index is 0.311. The number of benzene rings is 2. The quantitative estimate of drug-likeness (QED) is 0.712. The van der Waals surface area contributed by atoms with Crippen molar-refractivity contribution in [3.05, 3.63) is 60.3 Å². The van der Waals surface area contributed by atoms with Crippen LogP contribution in [0.1, 0.15) is 5.56 Å². The van der Waals surface area contributed by atoms with Crippen LogP contribution in [0.25, 0.3) is 10.9 Å². The number of likely N-dealkylation sites (N-methyl/N-ethyl adjacent to an activating group) is 1. The molecule has 0 atom stereocenters. The number of aryl methyl sites for hydroxylation is 1. The fourth-order valence-electron chi connectivity index (χ4n) is 3.48. The molecule has 1 fully saturated rings. The van der Waals surface area contributed by atoms with Crippen LogP contribution in [0, 0.1) is 6.92 Å². The van der Waals surface area contributed by atoms with Crippen LogP contribution in [0.2, 0.25) is 0 Å². The van der Waals surface area contributed by atoms with Gasteiger partial charge in [0.2, 0.25) is 0 Å². The number of piperazine rings is 1. The second-order valence-electron chi connectivity index (χ2n) is 6.93. The molecule has 2 aromatic carbocycles. The molecule has 4 rings (SSSR count). The lowest BCUT2D eigenvalue weighted by molar-refractivity contribution is 0.313. The third-order valence-electron chi connectivity index (χ3n) is 5.10. The van der Waals surface area contributed by atoms with E-state index in [1.165, 1.54) is 3.97 Å². The lowest BCUT2D eigenvalue weighted by Gasteiger charge is -2.34. The average molecular weight is 369 g/mol. The Morgan fingerprint density at radius 3 is 2.27 bits per heavy atom. The topological polar surface area (TPSA) is 45.6 Å². The molecule has 0 saturated carbocycles. The number of hydrogen-bond donors (Lipinski definition) is 0. The van der Waals surface area contributed by atoms with E-state index in [4.69, 9.17) is 0 Å². The van der Waals surface area contributed by atoms with Crippen molar-refractivity contribution in [2.24, 2.45) is 0 Å². The molecule has 2 heterocycles. The molecule has 1 aromatic heterocycles. The van der Waals surface area contributed by atoms with Crippen LogP contribution in [0.15, 0.2) is 59.6 Å². The third kappa shape index (κ3) is 2.89. The molecule has 1 saturated heterocycles. The van der Waals surface area contributed by atoms with Gasteiger partial charge in [0.25, 0.3) is 10.0 Å². The lowest BCUT2D eigenvalue weighted by Crippen LogP contribution is -2.44. The molecule has 0 unspecified atom stereocenters. The van der Waals surface area contributed by atoms with Gasteiger partial charge in [0, 0.05) is 43.4 Å². The third-order valence-corrected chi connectivity index (χ3v) is 6.80. The van der Waals surface area contributed by atoms with E-state index in [2.05, 4.69) is 22.9 Å². The van der Waals surface area contributed by atoms with E-state index in [0.29, 0.717) is 4.90 Å². The molecule has 3 aromatic rings. The van der Waals surface area contributed by atoms with Gasteiger partial charge in [-0.15, -0.1) is 0 Å². The first-order valence-corrected chi connectivity index (χ1v) is 10.3. The Morgan fingerprint density at radius 1 is 0.885 bits per heavy atom. The number of hydrogen-bond acceptors (Lipinski definition) is 4. The summed E-state index contributed by atoms with van der Waals surface area (Å²) in [5.41, 5.74) is 2.87. The highest BCUT2D eigenvalue weighted by Gasteiger charge is 2.22. The smallest absolute Gasteiger partial charge is 0.268 e. The second-order valence-corrected chi connectivity index (χ2v) is 8.74. The van der Waals surface area contributed by atoms with E-state index in [-0.39, 0.29) is 0 Å². The van der Waals surface area contributed by atoms with Gasteiger partial charge in [0.1, 0.15) is 0 Å². The summed E-state index contributed by atoms with van der Waals surface area (Å²) in [6, 6.07) is 14.8. The van der Waals surface area contributed by atoms with E-state index >= 15 is 0 Å². The zero-order chi connectivity index (χ0) is 18.3. The Labute approximate surface area is 154 Å². The summed E-state index contributed by atoms with van der Waals surface area (Å²) >= 11 is 0. The van der Waals surface area contributed by atoms with Crippen LogP contribution in [0.3, 0.4) is 0 Å². The van der Waals surface area contributed by atoms with Crippen LogP contribution in [-0.4, -0.2) is 50.5 Å². The Kier molecular flexibility index (Phi) is 4.25. The summed E-state index contributed by atoms with van der Waals surface area (Å²) in [5.74, 6) is 0. The molecule has 0 N–H and O–H groups in total. The minimum atomic E-state index is -3.61. The SMILES string of the molecule is Cc1ccc(S(=O)(=O)n2ccc3c(N4CCN(C)CC4)cccc32)cc1. The maximum absolute atomic E-state index is 13.1. The van der Waals surface area contributed by atoms with E-state index in [9.17, 15) is 8.42 Å². The molecule has 0 amide bonds. The van der Waals surface area contributed by atoms with Crippen molar-refractivity contribution in [2.75, 3.05) is 38.1 Å². The van der Waals surface area contributed by atoms with Crippen LogP contribution in [-0.2, 0) is 10.0 Å². The Morgan fingerprint density at radius 2 is 1.58 bits per heavy atom. The predicted molar refractivity (Wildman–Crippen MR) is 105 cm³/mol. The van der Waals surface area contributed by atoms with Gasteiger partial charge < -0.3 is 9.80 Å². The molecule has 0 spiro atoms. The molecule has 136 valence electrons. The number of nitrogens with zero attached hydrogens (tertiary/aromatic N) is 3. The molecule has 26 heavy (non-hydrogen) atoms. The van der Waals surface area contributed by atoms with E-state index < -0.39 is 10.0 Å². The number of rotatable bonds is 3. The van der Waals surface area contributed by atoms with Crippen molar-refractivity contribution in [3.8, 4) is 0 Å². The van der Waals surface area contributed by atoms with Crippen LogP contribution >= 0.6 is 0 Å². The van der Waals surface area contributed by atoms with Crippen molar-refractivity contribution in [2.45, 2.75) is 11.8 Å². The summed E-state index contributed by atoms with van der Waals surface area (Å²) in [4.78, 5) is 4.96. The Balaban J connectivity index is 1.78. The summed E-state index contributed by atoms with van der Waals surface area (Å²) in [5, 5.41) is 0.979. The van der Waals surface area contributed by atoms with Crippen LogP contribution in [0.4, 0.5) is 5.69 Å². The minimum Gasteiger partial charge on any atom is -0.368 e. The lowest BCUT2D eigenvalue weighted by atomic mass is 10.2. The van der Waals surface area contributed by atoms with E-state index in [0.717, 1.165) is 48.3 Å². The predicted octanol–water partition coefficient (Wildman–Crippen LogP) is 2.94. The van der Waals surface area contributed by atoms with Crippen molar-refractivity contribution < 1.29 is 8.42 Å². The molecular formula is C20H23N3O2S. The first kappa shape index (κ1) is 17.1. The summed E-state index contributed by atoms with van der Waals surface area (Å²) in [7, 11) is -1.48. The fraction of sp³-hybridized carbons (Fsp3) is 0.300. The first-order chi connectivity index (χ1) is 12.5. The van der Waals surface area contributed by atoms with Crippen molar-refractivity contribution in [1.82, 2.24) is 8.87 Å². The molecule has 0 aliphatic carbocycles.